The van der Waals surface area contributed by atoms with Gasteiger partial charge in [-0.3, -0.25) is 0 Å². The van der Waals surface area contributed by atoms with Gasteiger partial charge < -0.3 is 15.4 Å². The van der Waals surface area contributed by atoms with Gasteiger partial charge in [-0.15, -0.1) is 22.1 Å². The first kappa shape index (κ1) is 33.6. The maximum Gasteiger partial charge on any atom is 2.00 e. The van der Waals surface area contributed by atoms with Crippen molar-refractivity contribution in [1.29, 1.82) is 0 Å². The number of rotatable bonds is 8. The van der Waals surface area contributed by atoms with E-state index < -0.39 is 0 Å². The molecule has 5 rings (SSSR count). The summed E-state index contributed by atoms with van der Waals surface area (Å²) in [7, 11) is 0. The molecule has 3 aromatic heterocycles. The minimum atomic E-state index is 0. The average molecular weight is 602 g/mol. The Kier molecular flexibility index (Phi) is 11.3. The number of aromatic nitrogens is 4. The van der Waals surface area contributed by atoms with E-state index in [-0.39, 0.29) is 24.0 Å². The van der Waals surface area contributed by atoms with Crippen LogP contribution in [0.25, 0.3) is 44.4 Å². The summed E-state index contributed by atoms with van der Waals surface area (Å²) in [6, 6.07) is 8.98. The molecule has 221 valence electrons. The third-order valence-corrected chi connectivity index (χ3v) is 8.82. The first-order valence-corrected chi connectivity index (χ1v) is 15.6. The van der Waals surface area contributed by atoms with Gasteiger partial charge in [0.05, 0.1) is 22.8 Å². The van der Waals surface area contributed by atoms with Crippen LogP contribution < -0.4 is 9.97 Å². The molecule has 0 fully saturated rings. The van der Waals surface area contributed by atoms with Crippen molar-refractivity contribution in [2.75, 3.05) is 0 Å². The molecule has 0 aromatic carbocycles. The van der Waals surface area contributed by atoms with Crippen LogP contribution in [0.1, 0.15) is 126 Å². The minimum Gasteiger partial charge on any atom is -0.657 e. The molecule has 1 radical (unpaired) electrons. The summed E-state index contributed by atoms with van der Waals surface area (Å²) < 4.78 is 0. The molecule has 5 nitrogen and oxygen atoms in total. The first-order valence-electron chi connectivity index (χ1n) is 15.6. The Morgan fingerprint density at radius 2 is 0.667 bits per heavy atom. The van der Waals surface area contributed by atoms with Crippen LogP contribution in [-0.2, 0) is 44.2 Å². The van der Waals surface area contributed by atoms with Crippen molar-refractivity contribution < 1.29 is 24.0 Å². The molecule has 2 aliphatic rings. The molecule has 0 unspecified atom stereocenters. The van der Waals surface area contributed by atoms with Crippen molar-refractivity contribution in [3.8, 4) is 0 Å². The number of nitrogens with zero attached hydrogens (tertiary/aromatic N) is 4. The molecule has 2 aliphatic heterocycles. The van der Waals surface area contributed by atoms with E-state index in [0.717, 1.165) is 96.2 Å². The van der Waals surface area contributed by atoms with Crippen molar-refractivity contribution >= 4 is 44.4 Å². The summed E-state index contributed by atoms with van der Waals surface area (Å²) >= 11 is 0. The number of hydrogen-bond acceptors (Lipinski definition) is 2. The monoisotopic (exact) mass is 601 g/mol. The van der Waals surface area contributed by atoms with Crippen molar-refractivity contribution in [2.24, 2.45) is 0 Å². The number of hydrogen-bond donors (Lipinski definition) is 0. The van der Waals surface area contributed by atoms with E-state index in [0.29, 0.717) is 0 Å². The van der Waals surface area contributed by atoms with Gasteiger partial charge in [-0.2, -0.15) is 0 Å². The smallest absolute Gasteiger partial charge is 0.657 e. The van der Waals surface area contributed by atoms with Gasteiger partial charge in [-0.05, 0) is 79.7 Å². The zero-order valence-electron chi connectivity index (χ0n) is 26.7. The van der Waals surface area contributed by atoms with Gasteiger partial charge in [-0.1, -0.05) is 95.8 Å². The van der Waals surface area contributed by atoms with Crippen LogP contribution in [-0.4, -0.2) is 15.4 Å². The van der Waals surface area contributed by atoms with Crippen molar-refractivity contribution in [3.63, 3.8) is 0 Å². The van der Waals surface area contributed by atoms with Gasteiger partial charge in [0.25, 0.3) is 0 Å². The average Bonchev–Trinajstić information content (AvgIpc) is 3.67. The SMILES string of the molecule is CCC1=C(CC)c2cc3[n-]c(cc4[n-]c(cc5nc(cc1n2)C(CC)=C5CC)c(CC)c4CC)c(CC)c3CC.O.[V+2]. The van der Waals surface area contributed by atoms with Gasteiger partial charge in [0.1, 0.15) is 0 Å². The third kappa shape index (κ3) is 5.59. The maximum absolute atomic E-state index is 5.25. The van der Waals surface area contributed by atoms with Crippen LogP contribution in [0.2, 0.25) is 0 Å². The van der Waals surface area contributed by atoms with Crippen LogP contribution in [0.5, 0.6) is 0 Å². The van der Waals surface area contributed by atoms with Crippen molar-refractivity contribution in [1.82, 2.24) is 19.9 Å². The second-order valence-electron chi connectivity index (χ2n) is 10.8. The normalized spacial score (nSPS) is 13.0. The fourth-order valence-corrected chi connectivity index (χ4v) is 6.92. The van der Waals surface area contributed by atoms with E-state index in [2.05, 4.69) is 79.7 Å². The Balaban J connectivity index is 0.00000242. The molecule has 0 spiro atoms. The Bertz CT molecular complexity index is 1570. The van der Waals surface area contributed by atoms with Gasteiger partial charge >= 0.3 is 18.6 Å². The predicted octanol–water partition coefficient (Wildman–Crippen LogP) is 8.46. The molecule has 3 aromatic rings. The zero-order chi connectivity index (χ0) is 28.6. The summed E-state index contributed by atoms with van der Waals surface area (Å²) in [6.45, 7) is 17.9. The number of fused-ring (bicyclic) bond motifs is 8. The Morgan fingerprint density at radius 3 is 0.929 bits per heavy atom. The summed E-state index contributed by atoms with van der Waals surface area (Å²) in [5.41, 5.74) is 19.1. The fourth-order valence-electron chi connectivity index (χ4n) is 6.92. The van der Waals surface area contributed by atoms with E-state index >= 15 is 0 Å². The first-order chi connectivity index (χ1) is 19.5. The van der Waals surface area contributed by atoms with E-state index in [1.165, 1.54) is 44.5 Å². The molecule has 0 saturated heterocycles. The maximum atomic E-state index is 5.25. The summed E-state index contributed by atoms with van der Waals surface area (Å²) in [5, 5.41) is 0. The molecule has 0 amide bonds. The van der Waals surface area contributed by atoms with Crippen LogP contribution in [0.4, 0.5) is 0 Å². The largest absolute Gasteiger partial charge is 2.00 e. The zero-order valence-corrected chi connectivity index (χ0v) is 28.1. The molecule has 2 N–H and O–H groups in total. The molecule has 5 heterocycles. The molecule has 0 saturated carbocycles. The number of aryl methyl sites for hydroxylation is 4. The van der Waals surface area contributed by atoms with E-state index in [1.54, 1.807) is 0 Å². The van der Waals surface area contributed by atoms with Crippen LogP contribution in [0.3, 0.4) is 0 Å². The van der Waals surface area contributed by atoms with Crippen LogP contribution >= 0.6 is 0 Å². The Labute approximate surface area is 263 Å². The molecule has 6 heteroatoms. The van der Waals surface area contributed by atoms with E-state index in [4.69, 9.17) is 19.9 Å². The van der Waals surface area contributed by atoms with Crippen molar-refractivity contribution in [3.05, 3.63) is 69.3 Å². The second-order valence-corrected chi connectivity index (χ2v) is 10.8. The minimum absolute atomic E-state index is 0. The quantitative estimate of drug-likeness (QED) is 0.259. The molecule has 42 heavy (non-hydrogen) atoms. The molecule has 8 bridgehead atoms. The standard InChI is InChI=1S/C36H44N4.H2O.V/c1-9-21-22(10-2)30-18-32-25(13-5)26(14-6)34(39-32)20-36-28(16-8)27(15-7)35(40-36)19-33-24(12-4)23(11-3)31(38-33)17-29(21)37-30;;/h17-20H,9-16H2,1-8H3;1H2;/q-2;;+2. The second kappa shape index (κ2) is 14.1. The topological polar surface area (TPSA) is 85.5 Å². The van der Waals surface area contributed by atoms with Gasteiger partial charge in [0.2, 0.25) is 0 Å². The number of allylic oxidation sites excluding steroid dienone is 4. The Hall–Kier alpha value is -2.86. The third-order valence-electron chi connectivity index (χ3n) is 8.82. The van der Waals surface area contributed by atoms with Crippen molar-refractivity contribution in [2.45, 2.75) is 107 Å². The van der Waals surface area contributed by atoms with Gasteiger partial charge in [0, 0.05) is 0 Å². The molecular formula is C36H46N4OV. The van der Waals surface area contributed by atoms with E-state index in [1.807, 2.05) is 0 Å². The summed E-state index contributed by atoms with van der Waals surface area (Å²) in [6.07, 6.45) is 7.60. The molecule has 0 atom stereocenters. The molecular weight excluding hydrogens is 555 g/mol. The van der Waals surface area contributed by atoms with Crippen LogP contribution in [0, 0.1) is 0 Å². The molecule has 0 aliphatic carbocycles. The summed E-state index contributed by atoms with van der Waals surface area (Å²) in [5.74, 6) is 0. The Morgan fingerprint density at radius 1 is 0.405 bits per heavy atom. The predicted molar refractivity (Wildman–Crippen MR) is 175 cm³/mol. The van der Waals surface area contributed by atoms with Crippen LogP contribution in [0.15, 0.2) is 24.3 Å². The summed E-state index contributed by atoms with van der Waals surface area (Å²) in [4.78, 5) is 21.0. The van der Waals surface area contributed by atoms with E-state index in [9.17, 15) is 0 Å². The van der Waals surface area contributed by atoms with Gasteiger partial charge in [0.15, 0.2) is 0 Å². The fraction of sp³-hybridized carbons (Fsp3) is 0.444. The van der Waals surface area contributed by atoms with Gasteiger partial charge in [-0.25, -0.2) is 9.97 Å².